The minimum atomic E-state index is -0.0981. The third-order valence-electron chi connectivity index (χ3n) is 3.15. The SMILES string of the molecule is Cc1ccccc1N1CCCC(O)CC1. The largest absolute Gasteiger partial charge is 0.393 e. The van der Waals surface area contributed by atoms with Crippen LogP contribution in [0.5, 0.6) is 0 Å². The van der Waals surface area contributed by atoms with Crippen LogP contribution in [0.4, 0.5) is 5.69 Å². The Morgan fingerprint density at radius 2 is 2.00 bits per heavy atom. The molecule has 0 amide bonds. The van der Waals surface area contributed by atoms with Gasteiger partial charge in [0, 0.05) is 18.8 Å². The van der Waals surface area contributed by atoms with Crippen LogP contribution in [0.2, 0.25) is 0 Å². The van der Waals surface area contributed by atoms with Crippen LogP contribution in [-0.4, -0.2) is 24.3 Å². The van der Waals surface area contributed by atoms with Crippen molar-refractivity contribution in [2.24, 2.45) is 0 Å². The molecule has 0 aromatic heterocycles. The van der Waals surface area contributed by atoms with Crippen LogP contribution in [0.25, 0.3) is 0 Å². The second-order valence-electron chi connectivity index (χ2n) is 4.36. The van der Waals surface area contributed by atoms with Crippen molar-refractivity contribution in [1.29, 1.82) is 0 Å². The molecular weight excluding hydrogens is 186 g/mol. The van der Waals surface area contributed by atoms with E-state index in [1.807, 2.05) is 0 Å². The lowest BCUT2D eigenvalue weighted by atomic mass is 10.2. The van der Waals surface area contributed by atoms with Crippen LogP contribution in [0.3, 0.4) is 0 Å². The number of para-hydroxylation sites is 1. The first-order valence-electron chi connectivity index (χ1n) is 5.76. The molecule has 0 saturated carbocycles. The molecule has 2 nitrogen and oxygen atoms in total. The summed E-state index contributed by atoms with van der Waals surface area (Å²) in [5.41, 5.74) is 2.65. The minimum absolute atomic E-state index is 0.0981. The molecule has 2 rings (SSSR count). The van der Waals surface area contributed by atoms with E-state index in [2.05, 4.69) is 36.1 Å². The number of aliphatic hydroxyl groups excluding tert-OH is 1. The summed E-state index contributed by atoms with van der Waals surface area (Å²) in [5.74, 6) is 0. The first-order valence-corrected chi connectivity index (χ1v) is 5.76. The second-order valence-corrected chi connectivity index (χ2v) is 4.36. The Labute approximate surface area is 91.5 Å². The van der Waals surface area contributed by atoms with Gasteiger partial charge in [0.15, 0.2) is 0 Å². The number of hydrogen-bond acceptors (Lipinski definition) is 2. The van der Waals surface area contributed by atoms with Gasteiger partial charge in [-0.3, -0.25) is 0 Å². The summed E-state index contributed by atoms with van der Waals surface area (Å²) in [4.78, 5) is 2.39. The molecule has 1 aromatic rings. The van der Waals surface area contributed by atoms with E-state index in [1.54, 1.807) is 0 Å². The second kappa shape index (κ2) is 4.67. The zero-order valence-corrected chi connectivity index (χ0v) is 9.32. The van der Waals surface area contributed by atoms with Gasteiger partial charge in [0.2, 0.25) is 0 Å². The van der Waals surface area contributed by atoms with Crippen molar-refractivity contribution in [3.05, 3.63) is 29.8 Å². The molecule has 0 radical (unpaired) electrons. The van der Waals surface area contributed by atoms with Gasteiger partial charge in [-0.1, -0.05) is 18.2 Å². The summed E-state index contributed by atoms with van der Waals surface area (Å²) >= 11 is 0. The lowest BCUT2D eigenvalue weighted by Crippen LogP contribution is -2.25. The maximum Gasteiger partial charge on any atom is 0.0557 e. The number of anilines is 1. The van der Waals surface area contributed by atoms with E-state index < -0.39 is 0 Å². The Morgan fingerprint density at radius 3 is 2.80 bits per heavy atom. The summed E-state index contributed by atoms with van der Waals surface area (Å²) in [7, 11) is 0. The molecular formula is C13H19NO. The number of rotatable bonds is 1. The molecule has 1 heterocycles. The molecule has 1 aromatic carbocycles. The number of nitrogens with zero attached hydrogens (tertiary/aromatic N) is 1. The number of aryl methyl sites for hydroxylation is 1. The Hall–Kier alpha value is -1.02. The van der Waals surface area contributed by atoms with Gasteiger partial charge in [0.25, 0.3) is 0 Å². The number of benzene rings is 1. The van der Waals surface area contributed by atoms with Gasteiger partial charge in [-0.25, -0.2) is 0 Å². The van der Waals surface area contributed by atoms with E-state index in [1.165, 1.54) is 11.3 Å². The standard InChI is InChI=1S/C13H19NO/c1-11-5-2-3-7-13(11)14-9-4-6-12(15)8-10-14/h2-3,5,7,12,15H,4,6,8-10H2,1H3. The molecule has 1 aliphatic heterocycles. The normalized spacial score (nSPS) is 22.5. The molecule has 0 bridgehead atoms. The third kappa shape index (κ3) is 2.51. The van der Waals surface area contributed by atoms with Gasteiger partial charge in [-0.15, -0.1) is 0 Å². The molecule has 1 unspecified atom stereocenters. The van der Waals surface area contributed by atoms with Crippen molar-refractivity contribution in [3.63, 3.8) is 0 Å². The Balaban J connectivity index is 2.13. The fourth-order valence-electron chi connectivity index (χ4n) is 2.24. The summed E-state index contributed by atoms with van der Waals surface area (Å²) < 4.78 is 0. The van der Waals surface area contributed by atoms with Crippen molar-refractivity contribution in [2.75, 3.05) is 18.0 Å². The highest BCUT2D eigenvalue weighted by atomic mass is 16.3. The minimum Gasteiger partial charge on any atom is -0.393 e. The van der Waals surface area contributed by atoms with E-state index in [-0.39, 0.29) is 6.10 Å². The Morgan fingerprint density at radius 1 is 1.20 bits per heavy atom. The Bertz CT molecular complexity index is 324. The summed E-state index contributed by atoms with van der Waals surface area (Å²) in [6, 6.07) is 8.48. The highest BCUT2D eigenvalue weighted by molar-refractivity contribution is 5.52. The van der Waals surface area contributed by atoms with Crippen molar-refractivity contribution in [2.45, 2.75) is 32.3 Å². The quantitative estimate of drug-likeness (QED) is 0.760. The zero-order chi connectivity index (χ0) is 10.7. The summed E-state index contributed by atoms with van der Waals surface area (Å²) in [6.07, 6.45) is 2.84. The number of aliphatic hydroxyl groups is 1. The van der Waals surface area contributed by atoms with Crippen molar-refractivity contribution in [1.82, 2.24) is 0 Å². The van der Waals surface area contributed by atoms with E-state index in [9.17, 15) is 5.11 Å². The van der Waals surface area contributed by atoms with Gasteiger partial charge < -0.3 is 10.0 Å². The highest BCUT2D eigenvalue weighted by Crippen LogP contribution is 2.22. The average Bonchev–Trinajstić information content (AvgIpc) is 2.44. The van der Waals surface area contributed by atoms with Crippen molar-refractivity contribution >= 4 is 5.69 Å². The molecule has 1 aliphatic rings. The Kier molecular flexibility index (Phi) is 3.27. The monoisotopic (exact) mass is 205 g/mol. The predicted molar refractivity (Wildman–Crippen MR) is 63.2 cm³/mol. The van der Waals surface area contributed by atoms with Gasteiger partial charge >= 0.3 is 0 Å². The third-order valence-corrected chi connectivity index (χ3v) is 3.15. The van der Waals surface area contributed by atoms with Crippen molar-refractivity contribution in [3.8, 4) is 0 Å². The molecule has 1 N–H and O–H groups in total. The smallest absolute Gasteiger partial charge is 0.0557 e. The zero-order valence-electron chi connectivity index (χ0n) is 9.32. The maximum absolute atomic E-state index is 9.60. The molecule has 1 fully saturated rings. The topological polar surface area (TPSA) is 23.5 Å². The van der Waals surface area contributed by atoms with Crippen LogP contribution >= 0.6 is 0 Å². The van der Waals surface area contributed by atoms with Crippen LogP contribution < -0.4 is 4.90 Å². The summed E-state index contributed by atoms with van der Waals surface area (Å²) in [5, 5.41) is 9.60. The van der Waals surface area contributed by atoms with Gasteiger partial charge in [0.05, 0.1) is 6.10 Å². The van der Waals surface area contributed by atoms with Gasteiger partial charge in [-0.05, 0) is 37.8 Å². The van der Waals surface area contributed by atoms with E-state index in [0.717, 1.165) is 32.4 Å². The predicted octanol–water partition coefficient (Wildman–Crippen LogP) is 2.35. The molecule has 1 saturated heterocycles. The molecule has 1 atom stereocenters. The van der Waals surface area contributed by atoms with Gasteiger partial charge in [-0.2, -0.15) is 0 Å². The van der Waals surface area contributed by atoms with Gasteiger partial charge in [0.1, 0.15) is 0 Å². The summed E-state index contributed by atoms with van der Waals surface area (Å²) in [6.45, 7) is 4.20. The van der Waals surface area contributed by atoms with E-state index in [0.29, 0.717) is 0 Å². The lowest BCUT2D eigenvalue weighted by molar-refractivity contribution is 0.161. The molecule has 0 spiro atoms. The average molecular weight is 205 g/mol. The van der Waals surface area contributed by atoms with Crippen LogP contribution in [0, 0.1) is 6.92 Å². The van der Waals surface area contributed by atoms with Crippen LogP contribution in [0.1, 0.15) is 24.8 Å². The fourth-order valence-corrected chi connectivity index (χ4v) is 2.24. The highest BCUT2D eigenvalue weighted by Gasteiger charge is 2.15. The van der Waals surface area contributed by atoms with Crippen LogP contribution in [0.15, 0.2) is 24.3 Å². The first-order chi connectivity index (χ1) is 7.27. The molecule has 82 valence electrons. The van der Waals surface area contributed by atoms with Crippen molar-refractivity contribution < 1.29 is 5.11 Å². The fraction of sp³-hybridized carbons (Fsp3) is 0.538. The maximum atomic E-state index is 9.60. The molecule has 2 heteroatoms. The van der Waals surface area contributed by atoms with Crippen LogP contribution in [-0.2, 0) is 0 Å². The molecule has 15 heavy (non-hydrogen) atoms. The lowest BCUT2D eigenvalue weighted by Gasteiger charge is -2.24. The first kappa shape index (κ1) is 10.5. The molecule has 0 aliphatic carbocycles. The van der Waals surface area contributed by atoms with E-state index >= 15 is 0 Å². The number of hydrogen-bond donors (Lipinski definition) is 1. The van der Waals surface area contributed by atoms with E-state index in [4.69, 9.17) is 0 Å².